The molecule has 2 aromatic heterocycles. The SMILES string of the molecule is CO[C@H](C)CNc1nc2nn(-c3c(C)cc(C)cc3O)cc2s1. The van der Waals surface area contributed by atoms with E-state index in [9.17, 15) is 5.11 Å². The maximum atomic E-state index is 10.2. The zero-order chi connectivity index (χ0) is 16.6. The largest absolute Gasteiger partial charge is 0.506 e. The first-order chi connectivity index (χ1) is 11.0. The number of phenols is 1. The molecule has 0 amide bonds. The molecule has 0 fully saturated rings. The minimum Gasteiger partial charge on any atom is -0.506 e. The number of benzene rings is 1. The van der Waals surface area contributed by atoms with E-state index in [0.717, 1.165) is 21.0 Å². The lowest BCUT2D eigenvalue weighted by Crippen LogP contribution is -2.17. The number of methoxy groups -OCH3 is 1. The topological polar surface area (TPSA) is 72.2 Å². The molecule has 7 heteroatoms. The van der Waals surface area contributed by atoms with Gasteiger partial charge >= 0.3 is 0 Å². The van der Waals surface area contributed by atoms with E-state index in [-0.39, 0.29) is 11.9 Å². The number of nitrogens with one attached hydrogen (secondary N) is 1. The summed E-state index contributed by atoms with van der Waals surface area (Å²) in [6.07, 6.45) is 2.02. The molecule has 1 aromatic carbocycles. The van der Waals surface area contributed by atoms with Gasteiger partial charge < -0.3 is 15.2 Å². The van der Waals surface area contributed by atoms with Gasteiger partial charge in [0, 0.05) is 13.7 Å². The number of nitrogens with zero attached hydrogens (tertiary/aromatic N) is 3. The number of hydrogen-bond donors (Lipinski definition) is 2. The standard InChI is InChI=1S/C16H20N4O2S/c1-9-5-10(2)14(12(21)6-9)20-8-13-15(19-20)18-16(23-13)17-7-11(3)22-4/h5-6,8,11,21H,7H2,1-4H3,(H,17,18,19)/t11-/m1/s1. The molecule has 0 aliphatic heterocycles. The van der Waals surface area contributed by atoms with Crippen LogP contribution in [-0.2, 0) is 4.74 Å². The molecular formula is C16H20N4O2S. The molecule has 6 nitrogen and oxygen atoms in total. The lowest BCUT2D eigenvalue weighted by atomic mass is 10.1. The molecule has 0 unspecified atom stereocenters. The highest BCUT2D eigenvalue weighted by molar-refractivity contribution is 7.22. The van der Waals surface area contributed by atoms with E-state index in [1.807, 2.05) is 33.0 Å². The van der Waals surface area contributed by atoms with Crippen molar-refractivity contribution in [3.63, 3.8) is 0 Å². The highest BCUT2D eigenvalue weighted by atomic mass is 32.1. The fourth-order valence-electron chi connectivity index (χ4n) is 2.46. The van der Waals surface area contributed by atoms with E-state index >= 15 is 0 Å². The molecule has 2 heterocycles. The first-order valence-corrected chi connectivity index (χ1v) is 8.23. The van der Waals surface area contributed by atoms with E-state index in [2.05, 4.69) is 15.4 Å². The zero-order valence-electron chi connectivity index (χ0n) is 13.6. The Bertz CT molecular complexity index is 785. The summed E-state index contributed by atoms with van der Waals surface area (Å²) in [6, 6.07) is 3.77. The molecule has 0 radical (unpaired) electrons. The lowest BCUT2D eigenvalue weighted by Gasteiger charge is -2.10. The van der Waals surface area contributed by atoms with E-state index < -0.39 is 0 Å². The Morgan fingerprint density at radius 3 is 2.83 bits per heavy atom. The van der Waals surface area contributed by atoms with Gasteiger partial charge in [-0.1, -0.05) is 17.4 Å². The van der Waals surface area contributed by atoms with Crippen LogP contribution in [0.3, 0.4) is 0 Å². The molecule has 3 aromatic rings. The first kappa shape index (κ1) is 15.8. The van der Waals surface area contributed by atoms with Crippen molar-refractivity contribution < 1.29 is 9.84 Å². The van der Waals surface area contributed by atoms with Gasteiger partial charge in [0.1, 0.15) is 11.4 Å². The average molecular weight is 332 g/mol. The number of aryl methyl sites for hydroxylation is 2. The molecule has 0 aliphatic rings. The van der Waals surface area contributed by atoms with Gasteiger partial charge in [-0.25, -0.2) is 4.68 Å². The zero-order valence-corrected chi connectivity index (χ0v) is 14.4. The first-order valence-electron chi connectivity index (χ1n) is 7.41. The van der Waals surface area contributed by atoms with Gasteiger partial charge in [-0.2, -0.15) is 4.98 Å². The van der Waals surface area contributed by atoms with Crippen LogP contribution < -0.4 is 5.32 Å². The van der Waals surface area contributed by atoms with E-state index in [1.165, 1.54) is 11.3 Å². The van der Waals surface area contributed by atoms with Gasteiger partial charge in [0.15, 0.2) is 10.8 Å². The van der Waals surface area contributed by atoms with E-state index in [0.29, 0.717) is 17.9 Å². The Balaban J connectivity index is 1.89. The predicted octanol–water partition coefficient (Wildman–Crippen LogP) is 3.25. The molecule has 2 N–H and O–H groups in total. The Labute approximate surface area is 138 Å². The maximum absolute atomic E-state index is 10.2. The second-order valence-electron chi connectivity index (χ2n) is 5.66. The number of anilines is 1. The third-order valence-corrected chi connectivity index (χ3v) is 4.61. The van der Waals surface area contributed by atoms with Crippen LogP contribution in [0.15, 0.2) is 18.3 Å². The Hall–Kier alpha value is -2.12. The average Bonchev–Trinajstić information content (AvgIpc) is 3.01. The quantitative estimate of drug-likeness (QED) is 0.750. The second kappa shape index (κ2) is 6.17. The van der Waals surface area contributed by atoms with Gasteiger partial charge in [0.2, 0.25) is 0 Å². The summed E-state index contributed by atoms with van der Waals surface area (Å²) in [4.78, 5) is 4.48. The molecule has 0 bridgehead atoms. The van der Waals surface area contributed by atoms with Crippen LogP contribution in [0.2, 0.25) is 0 Å². The molecule has 0 aliphatic carbocycles. The predicted molar refractivity (Wildman–Crippen MR) is 92.8 cm³/mol. The van der Waals surface area contributed by atoms with Crippen molar-refractivity contribution >= 4 is 26.8 Å². The monoisotopic (exact) mass is 332 g/mol. The number of thiazole rings is 1. The maximum Gasteiger partial charge on any atom is 0.194 e. The summed E-state index contributed by atoms with van der Waals surface area (Å²) in [6.45, 7) is 6.61. The van der Waals surface area contributed by atoms with Crippen molar-refractivity contribution in [1.82, 2.24) is 14.8 Å². The highest BCUT2D eigenvalue weighted by Crippen LogP contribution is 2.30. The van der Waals surface area contributed by atoms with Crippen molar-refractivity contribution in [2.45, 2.75) is 26.9 Å². The number of ether oxygens (including phenoxy) is 1. The van der Waals surface area contributed by atoms with Crippen molar-refractivity contribution in [1.29, 1.82) is 0 Å². The minimum absolute atomic E-state index is 0.123. The van der Waals surface area contributed by atoms with Crippen molar-refractivity contribution in [2.75, 3.05) is 19.0 Å². The van der Waals surface area contributed by atoms with Crippen LogP contribution in [0, 0.1) is 13.8 Å². The van der Waals surface area contributed by atoms with Crippen LogP contribution in [-0.4, -0.2) is 39.6 Å². The van der Waals surface area contributed by atoms with Crippen LogP contribution in [0.5, 0.6) is 5.75 Å². The molecule has 0 saturated heterocycles. The number of fused-ring (bicyclic) bond motifs is 1. The number of hydrogen-bond acceptors (Lipinski definition) is 6. The molecule has 0 spiro atoms. The van der Waals surface area contributed by atoms with Gasteiger partial charge in [0.05, 0.1) is 17.0 Å². The van der Waals surface area contributed by atoms with E-state index in [4.69, 9.17) is 4.74 Å². The third kappa shape index (κ3) is 3.16. The van der Waals surface area contributed by atoms with Crippen LogP contribution in [0.25, 0.3) is 16.0 Å². The highest BCUT2D eigenvalue weighted by Gasteiger charge is 2.14. The summed E-state index contributed by atoms with van der Waals surface area (Å²) >= 11 is 1.54. The third-order valence-electron chi connectivity index (χ3n) is 3.67. The van der Waals surface area contributed by atoms with Crippen LogP contribution >= 0.6 is 11.3 Å². The van der Waals surface area contributed by atoms with Crippen LogP contribution in [0.1, 0.15) is 18.1 Å². The molecule has 23 heavy (non-hydrogen) atoms. The normalized spacial score (nSPS) is 12.7. The summed E-state index contributed by atoms with van der Waals surface area (Å²) < 4.78 is 7.87. The van der Waals surface area contributed by atoms with Crippen molar-refractivity contribution in [3.8, 4) is 11.4 Å². The van der Waals surface area contributed by atoms with Crippen molar-refractivity contribution in [2.24, 2.45) is 0 Å². The Morgan fingerprint density at radius 2 is 2.17 bits per heavy atom. The van der Waals surface area contributed by atoms with Crippen molar-refractivity contribution in [3.05, 3.63) is 29.5 Å². The number of rotatable bonds is 5. The number of aromatic nitrogens is 3. The molecule has 122 valence electrons. The summed E-state index contributed by atoms with van der Waals surface area (Å²) in [7, 11) is 1.69. The van der Waals surface area contributed by atoms with Gasteiger partial charge in [-0.15, -0.1) is 5.10 Å². The number of aromatic hydroxyl groups is 1. The Kier molecular flexibility index (Phi) is 4.23. The van der Waals surface area contributed by atoms with Crippen LogP contribution in [0.4, 0.5) is 5.13 Å². The summed E-state index contributed by atoms with van der Waals surface area (Å²) in [5.41, 5.74) is 3.37. The van der Waals surface area contributed by atoms with Gasteiger partial charge in [0.25, 0.3) is 0 Å². The summed E-state index contributed by atoms with van der Waals surface area (Å²) in [5.74, 6) is 0.227. The molecule has 0 saturated carbocycles. The number of phenolic OH excluding ortho intramolecular Hbond substituents is 1. The molecule has 1 atom stereocenters. The minimum atomic E-state index is 0.123. The fourth-order valence-corrected chi connectivity index (χ4v) is 3.29. The second-order valence-corrected chi connectivity index (χ2v) is 6.69. The van der Waals surface area contributed by atoms with Gasteiger partial charge in [-0.3, -0.25) is 0 Å². The smallest absolute Gasteiger partial charge is 0.194 e. The van der Waals surface area contributed by atoms with Gasteiger partial charge in [-0.05, 0) is 38.0 Å². The fraction of sp³-hybridized carbons (Fsp3) is 0.375. The van der Waals surface area contributed by atoms with E-state index in [1.54, 1.807) is 17.9 Å². The summed E-state index contributed by atoms with van der Waals surface area (Å²) in [5, 5.41) is 18.8. The molecule has 3 rings (SSSR count). The molecular weight excluding hydrogens is 312 g/mol. The lowest BCUT2D eigenvalue weighted by molar-refractivity contribution is 0.129. The Morgan fingerprint density at radius 1 is 1.39 bits per heavy atom.